The predicted molar refractivity (Wildman–Crippen MR) is 74.5 cm³/mol. The van der Waals surface area contributed by atoms with Crippen LogP contribution >= 0.6 is 50.7 Å². The minimum Gasteiger partial charge on any atom is -0.339 e. The van der Waals surface area contributed by atoms with Gasteiger partial charge in [0.05, 0.1) is 20.8 Å². The minimum atomic E-state index is 0.408. The maximum Gasteiger partial charge on any atom is 0.134 e. The van der Waals surface area contributed by atoms with Gasteiger partial charge in [0, 0.05) is 6.07 Å². The van der Waals surface area contributed by atoms with Crippen molar-refractivity contribution >= 4 is 62.2 Å². The molecule has 88 valence electrons. The van der Waals surface area contributed by atoms with E-state index in [0.29, 0.717) is 31.2 Å². The van der Waals surface area contributed by atoms with Crippen LogP contribution in [-0.2, 0) is 0 Å². The van der Waals surface area contributed by atoms with Crippen molar-refractivity contribution < 1.29 is 0 Å². The Kier molecular flexibility index (Phi) is 4.09. The van der Waals surface area contributed by atoms with Crippen molar-refractivity contribution in [3.05, 3.63) is 44.2 Å². The molecule has 7 heteroatoms. The summed E-state index contributed by atoms with van der Waals surface area (Å²) in [5.41, 5.74) is 0.631. The first-order valence-corrected chi connectivity index (χ1v) is 6.38. The van der Waals surface area contributed by atoms with Crippen molar-refractivity contribution in [1.29, 1.82) is 0 Å². The van der Waals surface area contributed by atoms with Gasteiger partial charge in [-0.15, -0.1) is 0 Å². The van der Waals surface area contributed by atoms with Crippen molar-refractivity contribution in [3.8, 4) is 0 Å². The number of hydrogen-bond donors (Lipinski definition) is 1. The Bertz CT molecular complexity index is 562. The fourth-order valence-electron chi connectivity index (χ4n) is 1.16. The Morgan fingerprint density at radius 2 is 1.65 bits per heavy atom. The maximum atomic E-state index is 6.03. The zero-order chi connectivity index (χ0) is 12.4. The summed E-state index contributed by atoms with van der Waals surface area (Å²) in [6.45, 7) is 0. The van der Waals surface area contributed by atoms with Gasteiger partial charge in [0.25, 0.3) is 0 Å². The van der Waals surface area contributed by atoms with Gasteiger partial charge in [0.15, 0.2) is 0 Å². The molecule has 0 saturated heterocycles. The molecule has 3 nitrogen and oxygen atoms in total. The lowest BCUT2D eigenvalue weighted by atomic mass is 10.3. The third kappa shape index (κ3) is 3.22. The van der Waals surface area contributed by atoms with E-state index in [9.17, 15) is 0 Å². The molecule has 0 fully saturated rings. The van der Waals surface area contributed by atoms with E-state index in [0.717, 1.165) is 0 Å². The summed E-state index contributed by atoms with van der Waals surface area (Å²) >= 11 is 21.0. The van der Waals surface area contributed by atoms with Gasteiger partial charge in [-0.2, -0.15) is 0 Å². The number of rotatable bonds is 2. The molecule has 2 aromatic rings. The van der Waals surface area contributed by atoms with Gasteiger partial charge < -0.3 is 5.32 Å². The average molecular weight is 353 g/mol. The lowest BCUT2D eigenvalue weighted by molar-refractivity contribution is 1.14. The summed E-state index contributed by atoms with van der Waals surface area (Å²) in [6.07, 6.45) is 1.43. The van der Waals surface area contributed by atoms with Gasteiger partial charge in [0.1, 0.15) is 16.7 Å². The summed E-state index contributed by atoms with van der Waals surface area (Å²) in [6, 6.07) is 4.94. The van der Waals surface area contributed by atoms with Crippen molar-refractivity contribution in [1.82, 2.24) is 9.97 Å². The molecule has 0 saturated carbocycles. The first kappa shape index (κ1) is 12.9. The topological polar surface area (TPSA) is 37.8 Å². The maximum absolute atomic E-state index is 6.03. The molecule has 2 rings (SSSR count). The van der Waals surface area contributed by atoms with Crippen molar-refractivity contribution in [3.63, 3.8) is 0 Å². The summed E-state index contributed by atoms with van der Waals surface area (Å²) in [7, 11) is 0. The molecular weight excluding hydrogens is 348 g/mol. The molecule has 0 aliphatic rings. The van der Waals surface area contributed by atoms with E-state index >= 15 is 0 Å². The normalized spacial score (nSPS) is 10.4. The van der Waals surface area contributed by atoms with Crippen molar-refractivity contribution in [2.75, 3.05) is 5.32 Å². The number of halogens is 4. The van der Waals surface area contributed by atoms with Gasteiger partial charge in [-0.25, -0.2) is 9.97 Å². The molecule has 0 aliphatic carbocycles. The van der Waals surface area contributed by atoms with E-state index < -0.39 is 0 Å². The molecule has 1 N–H and O–H groups in total. The van der Waals surface area contributed by atoms with E-state index in [-0.39, 0.29) is 0 Å². The van der Waals surface area contributed by atoms with Crippen LogP contribution in [0.1, 0.15) is 0 Å². The molecule has 1 aromatic heterocycles. The van der Waals surface area contributed by atoms with E-state index in [4.69, 9.17) is 34.8 Å². The average Bonchev–Trinajstić information content (AvgIpc) is 2.26. The number of aromatic nitrogens is 2. The molecular formula is C10H5BrCl3N3. The Morgan fingerprint density at radius 3 is 2.35 bits per heavy atom. The van der Waals surface area contributed by atoms with Crippen LogP contribution in [0, 0.1) is 0 Å². The molecule has 1 aromatic carbocycles. The molecule has 0 bridgehead atoms. The van der Waals surface area contributed by atoms with E-state index in [1.54, 1.807) is 18.2 Å². The monoisotopic (exact) mass is 351 g/mol. The Labute approximate surface area is 121 Å². The lowest BCUT2D eigenvalue weighted by Crippen LogP contribution is -1.95. The highest BCUT2D eigenvalue weighted by molar-refractivity contribution is 9.10. The Morgan fingerprint density at radius 1 is 0.941 bits per heavy atom. The van der Waals surface area contributed by atoms with Crippen molar-refractivity contribution in [2.45, 2.75) is 0 Å². The molecule has 0 spiro atoms. The first-order valence-electron chi connectivity index (χ1n) is 4.45. The number of nitrogens with one attached hydrogen (secondary N) is 1. The number of hydrogen-bond acceptors (Lipinski definition) is 3. The van der Waals surface area contributed by atoms with Crippen molar-refractivity contribution in [2.24, 2.45) is 0 Å². The van der Waals surface area contributed by atoms with Crippen LogP contribution in [0.15, 0.2) is 29.1 Å². The third-order valence-electron chi connectivity index (χ3n) is 1.91. The van der Waals surface area contributed by atoms with Crippen LogP contribution in [0.5, 0.6) is 0 Å². The van der Waals surface area contributed by atoms with Crippen LogP contribution in [-0.4, -0.2) is 9.97 Å². The van der Waals surface area contributed by atoms with Crippen LogP contribution in [0.2, 0.25) is 15.1 Å². The quantitative estimate of drug-likeness (QED) is 0.614. The smallest absolute Gasteiger partial charge is 0.134 e. The summed E-state index contributed by atoms with van der Waals surface area (Å²) in [5, 5.41) is 4.32. The standard InChI is InChI=1S/C10H5BrCl3N3/c11-9-3-10(16-4-15-9)17-8-2-6(13)5(12)1-7(8)14/h1-4H,(H,15,16,17). The second-order valence-corrected chi connectivity index (χ2v) is 5.13. The predicted octanol–water partition coefficient (Wildman–Crippen LogP) is 4.94. The summed E-state index contributed by atoms with van der Waals surface area (Å²) in [5.74, 6) is 0.604. The van der Waals surface area contributed by atoms with Crippen LogP contribution in [0.3, 0.4) is 0 Å². The van der Waals surface area contributed by atoms with Gasteiger partial charge >= 0.3 is 0 Å². The minimum absolute atomic E-state index is 0.408. The Hall–Kier alpha value is -0.550. The van der Waals surface area contributed by atoms with Crippen LogP contribution < -0.4 is 5.32 Å². The highest BCUT2D eigenvalue weighted by Gasteiger charge is 2.07. The number of benzene rings is 1. The molecule has 0 atom stereocenters. The molecule has 0 unspecified atom stereocenters. The van der Waals surface area contributed by atoms with E-state index in [1.165, 1.54) is 6.33 Å². The molecule has 0 aliphatic heterocycles. The number of nitrogens with zero attached hydrogens (tertiary/aromatic N) is 2. The zero-order valence-electron chi connectivity index (χ0n) is 8.22. The molecule has 0 radical (unpaired) electrons. The zero-order valence-corrected chi connectivity index (χ0v) is 12.1. The van der Waals surface area contributed by atoms with E-state index in [1.807, 2.05) is 0 Å². The highest BCUT2D eigenvalue weighted by atomic mass is 79.9. The fourth-order valence-corrected chi connectivity index (χ4v) is 2.06. The van der Waals surface area contributed by atoms with Gasteiger partial charge in [-0.05, 0) is 28.1 Å². The Balaban J connectivity index is 2.33. The third-order valence-corrected chi connectivity index (χ3v) is 3.37. The fraction of sp³-hybridized carbons (Fsp3) is 0. The highest BCUT2D eigenvalue weighted by Crippen LogP contribution is 2.33. The van der Waals surface area contributed by atoms with Gasteiger partial charge in [0.2, 0.25) is 0 Å². The largest absolute Gasteiger partial charge is 0.339 e. The first-order chi connectivity index (χ1) is 8.06. The SMILES string of the molecule is Clc1cc(Cl)c(Nc2cc(Br)ncn2)cc1Cl. The molecule has 17 heavy (non-hydrogen) atoms. The van der Waals surface area contributed by atoms with Crippen LogP contribution in [0.25, 0.3) is 0 Å². The lowest BCUT2D eigenvalue weighted by Gasteiger charge is -2.08. The van der Waals surface area contributed by atoms with Gasteiger partial charge in [-0.3, -0.25) is 0 Å². The summed E-state index contributed by atoms with van der Waals surface area (Å²) < 4.78 is 0.672. The second-order valence-electron chi connectivity index (χ2n) is 3.10. The number of anilines is 2. The van der Waals surface area contributed by atoms with Crippen LogP contribution in [0.4, 0.5) is 11.5 Å². The second kappa shape index (κ2) is 5.40. The molecule has 1 heterocycles. The van der Waals surface area contributed by atoms with Gasteiger partial charge in [-0.1, -0.05) is 34.8 Å². The summed E-state index contributed by atoms with van der Waals surface area (Å²) in [4.78, 5) is 7.96. The molecule has 0 amide bonds. The van der Waals surface area contributed by atoms with E-state index in [2.05, 4.69) is 31.2 Å².